The van der Waals surface area contributed by atoms with Crippen molar-refractivity contribution >= 4 is 33.4 Å². The monoisotopic (exact) mass is 356 g/mol. The van der Waals surface area contributed by atoms with E-state index < -0.39 is 5.63 Å². The van der Waals surface area contributed by atoms with Gasteiger partial charge in [0, 0.05) is 10.9 Å². The second kappa shape index (κ2) is 6.88. The van der Waals surface area contributed by atoms with Gasteiger partial charge in [-0.1, -0.05) is 48.5 Å². The minimum Gasteiger partial charge on any atom is -0.422 e. The van der Waals surface area contributed by atoms with Crippen LogP contribution >= 0.6 is 0 Å². The summed E-state index contributed by atoms with van der Waals surface area (Å²) < 4.78 is 5.46. The fourth-order valence-electron chi connectivity index (χ4n) is 2.97. The molecule has 0 radical (unpaired) electrons. The Hall–Kier alpha value is -3.73. The molecule has 0 aliphatic rings. The fourth-order valence-corrected chi connectivity index (χ4v) is 2.97. The van der Waals surface area contributed by atoms with Gasteiger partial charge in [-0.25, -0.2) is 10.2 Å². The summed E-state index contributed by atoms with van der Waals surface area (Å²) in [4.78, 5) is 24.5. The minimum absolute atomic E-state index is 0.312. The molecule has 4 rings (SSSR count). The topological polar surface area (TPSA) is 71.7 Å². The summed E-state index contributed by atoms with van der Waals surface area (Å²) >= 11 is 0. The lowest BCUT2D eigenvalue weighted by atomic mass is 10.0. The molecule has 1 amide bonds. The number of hydrogen-bond acceptors (Lipinski definition) is 4. The van der Waals surface area contributed by atoms with Gasteiger partial charge < -0.3 is 4.42 Å². The molecule has 3 aromatic carbocycles. The Morgan fingerprint density at radius 3 is 2.48 bits per heavy atom. The number of carbonyl (C=O) groups excluding carboxylic acids is 1. The van der Waals surface area contributed by atoms with Crippen molar-refractivity contribution in [2.75, 3.05) is 0 Å². The molecule has 0 fully saturated rings. The lowest BCUT2D eigenvalue weighted by molar-refractivity contribution is 0.0955. The molecule has 0 aliphatic heterocycles. The molecule has 0 atom stereocenters. The van der Waals surface area contributed by atoms with Gasteiger partial charge in [0.1, 0.15) is 5.58 Å². The lowest BCUT2D eigenvalue weighted by Crippen LogP contribution is -2.21. The quantitative estimate of drug-likeness (QED) is 0.260. The third-order valence-corrected chi connectivity index (χ3v) is 4.39. The summed E-state index contributed by atoms with van der Waals surface area (Å²) in [6, 6.07) is 22.1. The summed E-state index contributed by atoms with van der Waals surface area (Å²) in [5.74, 6) is -0.342. The first-order valence-electron chi connectivity index (χ1n) is 8.49. The van der Waals surface area contributed by atoms with Gasteiger partial charge in [-0.05, 0) is 42.0 Å². The summed E-state index contributed by atoms with van der Waals surface area (Å²) in [7, 11) is 0. The predicted molar refractivity (Wildman–Crippen MR) is 106 cm³/mol. The van der Waals surface area contributed by atoms with Gasteiger partial charge in [-0.15, -0.1) is 0 Å². The van der Waals surface area contributed by atoms with Crippen LogP contribution in [0.2, 0.25) is 0 Å². The van der Waals surface area contributed by atoms with Gasteiger partial charge in [0.05, 0.1) is 11.3 Å². The highest BCUT2D eigenvalue weighted by Crippen LogP contribution is 2.25. The zero-order valence-electron chi connectivity index (χ0n) is 14.6. The Morgan fingerprint density at radius 2 is 1.67 bits per heavy atom. The highest BCUT2D eigenvalue weighted by Gasteiger charge is 2.11. The van der Waals surface area contributed by atoms with Crippen molar-refractivity contribution in [2.45, 2.75) is 6.92 Å². The molecule has 1 aromatic heterocycles. The molecule has 27 heavy (non-hydrogen) atoms. The van der Waals surface area contributed by atoms with Crippen LogP contribution in [0.25, 0.3) is 21.7 Å². The third-order valence-electron chi connectivity index (χ3n) is 4.39. The average Bonchev–Trinajstić information content (AvgIpc) is 2.71. The van der Waals surface area contributed by atoms with Crippen molar-refractivity contribution in [1.29, 1.82) is 0 Å². The van der Waals surface area contributed by atoms with E-state index in [1.807, 2.05) is 36.4 Å². The van der Waals surface area contributed by atoms with Crippen LogP contribution < -0.4 is 11.1 Å². The number of nitrogens with one attached hydrogen (secondary N) is 1. The second-order valence-corrected chi connectivity index (χ2v) is 6.15. The molecule has 132 valence electrons. The smallest absolute Gasteiger partial charge is 0.345 e. The Labute approximate surface area is 154 Å². The number of hydrazone groups is 1. The molecule has 5 nitrogen and oxygen atoms in total. The number of carbonyl (C=O) groups is 1. The largest absolute Gasteiger partial charge is 0.422 e. The van der Waals surface area contributed by atoms with Crippen LogP contribution in [0.4, 0.5) is 0 Å². The summed E-state index contributed by atoms with van der Waals surface area (Å²) in [5, 5.41) is 6.94. The summed E-state index contributed by atoms with van der Waals surface area (Å²) in [6.45, 7) is 1.66. The number of rotatable bonds is 3. The first-order valence-corrected chi connectivity index (χ1v) is 8.49. The normalized spacial score (nSPS) is 11.7. The molecule has 0 spiro atoms. The SMILES string of the molecule is C/C(=N\NC(=O)c1ccccc1)c1cc2c(ccc3ccccc32)oc1=O. The van der Waals surface area contributed by atoms with Crippen LogP contribution in [0.3, 0.4) is 0 Å². The lowest BCUT2D eigenvalue weighted by Gasteiger charge is -2.06. The summed E-state index contributed by atoms with van der Waals surface area (Å²) in [5.41, 5.74) is 3.68. The molecule has 0 saturated carbocycles. The molecule has 1 N–H and O–H groups in total. The second-order valence-electron chi connectivity index (χ2n) is 6.15. The molecule has 4 aromatic rings. The number of amides is 1. The van der Waals surface area contributed by atoms with Crippen LogP contribution in [0.1, 0.15) is 22.8 Å². The van der Waals surface area contributed by atoms with E-state index in [0.717, 1.165) is 16.2 Å². The number of nitrogens with zero attached hydrogens (tertiary/aromatic N) is 1. The van der Waals surface area contributed by atoms with E-state index in [1.165, 1.54) is 0 Å². The molecule has 0 aliphatic carbocycles. The molecule has 0 unspecified atom stereocenters. The zero-order valence-corrected chi connectivity index (χ0v) is 14.6. The molecular weight excluding hydrogens is 340 g/mol. The van der Waals surface area contributed by atoms with Gasteiger partial charge in [0.15, 0.2) is 0 Å². The van der Waals surface area contributed by atoms with E-state index in [4.69, 9.17) is 4.42 Å². The third kappa shape index (κ3) is 3.22. The van der Waals surface area contributed by atoms with Crippen molar-refractivity contribution in [3.05, 3.63) is 94.3 Å². The standard InChI is InChI=1S/C22H16N2O3/c1-14(23-24-21(25)16-8-3-2-4-9-16)18-13-19-17-10-6-5-7-15(17)11-12-20(19)27-22(18)26/h2-13H,1H3,(H,24,25)/b23-14+. The van der Waals surface area contributed by atoms with Gasteiger partial charge >= 0.3 is 5.63 Å². The van der Waals surface area contributed by atoms with Crippen molar-refractivity contribution < 1.29 is 9.21 Å². The fraction of sp³-hybridized carbons (Fsp3) is 0.0455. The first-order chi connectivity index (χ1) is 13.1. The number of benzene rings is 3. The van der Waals surface area contributed by atoms with Crippen molar-refractivity contribution in [3.63, 3.8) is 0 Å². The number of fused-ring (bicyclic) bond motifs is 3. The minimum atomic E-state index is -0.493. The Kier molecular flexibility index (Phi) is 4.26. The number of hydrogen-bond donors (Lipinski definition) is 1. The van der Waals surface area contributed by atoms with Crippen LogP contribution in [0.15, 0.2) is 87.1 Å². The first kappa shape index (κ1) is 16.7. The maximum Gasteiger partial charge on any atom is 0.345 e. The van der Waals surface area contributed by atoms with E-state index in [2.05, 4.69) is 10.5 Å². The van der Waals surface area contributed by atoms with Crippen molar-refractivity contribution in [2.24, 2.45) is 5.10 Å². The van der Waals surface area contributed by atoms with Crippen molar-refractivity contribution in [3.8, 4) is 0 Å². The maximum atomic E-state index is 12.4. The average molecular weight is 356 g/mol. The Bertz CT molecular complexity index is 1240. The Balaban J connectivity index is 1.74. The van der Waals surface area contributed by atoms with Gasteiger partial charge in [0.25, 0.3) is 5.91 Å². The van der Waals surface area contributed by atoms with E-state index in [1.54, 1.807) is 43.3 Å². The zero-order chi connectivity index (χ0) is 18.8. The van der Waals surface area contributed by atoms with Crippen LogP contribution in [0, 0.1) is 0 Å². The van der Waals surface area contributed by atoms with E-state index in [9.17, 15) is 9.59 Å². The molecule has 1 heterocycles. The highest BCUT2D eigenvalue weighted by atomic mass is 16.4. The van der Waals surface area contributed by atoms with Gasteiger partial charge in [-0.3, -0.25) is 4.79 Å². The van der Waals surface area contributed by atoms with E-state index >= 15 is 0 Å². The predicted octanol–water partition coefficient (Wildman–Crippen LogP) is 4.10. The highest BCUT2D eigenvalue weighted by molar-refractivity contribution is 6.09. The van der Waals surface area contributed by atoms with Crippen LogP contribution in [-0.2, 0) is 0 Å². The summed E-state index contributed by atoms with van der Waals surface area (Å²) in [6.07, 6.45) is 0. The van der Waals surface area contributed by atoms with E-state index in [-0.39, 0.29) is 5.91 Å². The van der Waals surface area contributed by atoms with E-state index in [0.29, 0.717) is 22.4 Å². The van der Waals surface area contributed by atoms with Crippen molar-refractivity contribution in [1.82, 2.24) is 5.43 Å². The molecule has 0 saturated heterocycles. The van der Waals surface area contributed by atoms with Crippen LogP contribution in [0.5, 0.6) is 0 Å². The van der Waals surface area contributed by atoms with Gasteiger partial charge in [-0.2, -0.15) is 5.10 Å². The molecular formula is C22H16N2O3. The molecule has 5 heteroatoms. The van der Waals surface area contributed by atoms with Crippen LogP contribution in [-0.4, -0.2) is 11.6 Å². The maximum absolute atomic E-state index is 12.4. The Morgan fingerprint density at radius 1 is 0.926 bits per heavy atom. The van der Waals surface area contributed by atoms with Gasteiger partial charge in [0.2, 0.25) is 0 Å². The molecule has 0 bridgehead atoms.